The van der Waals surface area contributed by atoms with Gasteiger partial charge in [0.1, 0.15) is 0 Å². The van der Waals surface area contributed by atoms with Crippen molar-refractivity contribution in [2.45, 2.75) is 0 Å². The fourth-order valence-corrected chi connectivity index (χ4v) is 1.27. The summed E-state index contributed by atoms with van der Waals surface area (Å²) >= 11 is 0. The molecule has 2 rings (SSSR count). The third kappa shape index (κ3) is 10.1. The van der Waals surface area contributed by atoms with Crippen LogP contribution in [0.25, 0.3) is 0 Å². The van der Waals surface area contributed by atoms with Gasteiger partial charge in [-0.05, 0) is 12.1 Å². The molecule has 138 valence electrons. The summed E-state index contributed by atoms with van der Waals surface area (Å²) in [4.78, 5) is 2.08. The molecular weight excluding hydrogens is 437 g/mol. The van der Waals surface area contributed by atoms with Gasteiger partial charge in [0.25, 0.3) is 0 Å². The molecule has 0 aliphatic rings. The minimum atomic E-state index is -2.67. The Morgan fingerprint density at radius 1 is 0.840 bits per heavy atom. The maximum atomic E-state index is 12.0. The minimum Gasteiger partial charge on any atom is -0.871 e. The van der Waals surface area contributed by atoms with Gasteiger partial charge in [0.2, 0.25) is 5.82 Å². The maximum absolute atomic E-state index is 12.0. The van der Waals surface area contributed by atoms with Gasteiger partial charge in [0, 0.05) is 25.8 Å². The van der Waals surface area contributed by atoms with Gasteiger partial charge in [-0.2, -0.15) is 0 Å². The summed E-state index contributed by atoms with van der Waals surface area (Å²) in [5, 5.41) is 24.0. The van der Waals surface area contributed by atoms with E-state index in [0.717, 1.165) is 0 Å². The minimum absolute atomic E-state index is 0. The molecule has 0 spiro atoms. The molecule has 0 fully saturated rings. The van der Waals surface area contributed by atoms with E-state index in [0.29, 0.717) is 0 Å². The van der Waals surface area contributed by atoms with E-state index in [4.69, 9.17) is 15.1 Å². The van der Waals surface area contributed by atoms with E-state index < -0.39 is 36.4 Å². The molecule has 11 heteroatoms. The Kier molecular flexibility index (Phi) is 13.1. The fraction of sp³-hybridized carbons (Fsp3) is 0.143. The van der Waals surface area contributed by atoms with Crippen molar-refractivity contribution in [2.24, 2.45) is 0 Å². The van der Waals surface area contributed by atoms with E-state index in [-0.39, 0.29) is 25.5 Å². The van der Waals surface area contributed by atoms with Crippen LogP contribution in [0, 0.1) is 29.1 Å². The third-order valence-corrected chi connectivity index (χ3v) is 2.33. The largest absolute Gasteiger partial charge is 2.00 e. The topological polar surface area (TPSA) is 69.6 Å². The summed E-state index contributed by atoms with van der Waals surface area (Å²) < 4.78 is 60.0. The van der Waals surface area contributed by atoms with Gasteiger partial charge in [0.05, 0.1) is 7.32 Å². The van der Waals surface area contributed by atoms with Gasteiger partial charge < -0.3 is 20.0 Å². The van der Waals surface area contributed by atoms with Crippen molar-refractivity contribution in [3.63, 3.8) is 0 Å². The van der Waals surface area contributed by atoms with Crippen molar-refractivity contribution < 1.29 is 56.5 Å². The molecule has 25 heavy (non-hydrogen) atoms. The first kappa shape index (κ1) is 25.7. The van der Waals surface area contributed by atoms with E-state index in [9.17, 15) is 22.0 Å². The average molecular weight is 450 g/mol. The van der Waals surface area contributed by atoms with Gasteiger partial charge in [0.15, 0.2) is 23.3 Å². The molecule has 0 heterocycles. The van der Waals surface area contributed by atoms with Gasteiger partial charge in [-0.3, -0.25) is 0 Å². The fourth-order valence-electron chi connectivity index (χ4n) is 1.27. The molecule has 2 aromatic carbocycles. The Labute approximate surface area is 154 Å². The molecule has 0 aromatic heterocycles. The number of anilines is 1. The molecular formula is C14H13BF5NO3Ru. The number of rotatable bonds is 1. The smallest absolute Gasteiger partial charge is 0.871 e. The van der Waals surface area contributed by atoms with Crippen LogP contribution in [0.1, 0.15) is 0 Å². The second-order valence-electron chi connectivity index (χ2n) is 4.32. The molecule has 0 saturated carbocycles. The summed E-state index contributed by atoms with van der Waals surface area (Å²) in [7, 11) is 1.41. The van der Waals surface area contributed by atoms with Crippen LogP contribution in [0.15, 0.2) is 36.4 Å². The van der Waals surface area contributed by atoms with Crippen molar-refractivity contribution in [1.82, 2.24) is 0 Å². The van der Waals surface area contributed by atoms with Crippen LogP contribution in [0.3, 0.4) is 0 Å². The Bertz CT molecular complexity index is 607. The van der Waals surface area contributed by atoms with Gasteiger partial charge in [-0.25, -0.2) is 22.0 Å². The van der Waals surface area contributed by atoms with E-state index in [1.807, 2.05) is 32.3 Å². The van der Waals surface area contributed by atoms with E-state index in [2.05, 4.69) is 17.0 Å². The van der Waals surface area contributed by atoms with Crippen LogP contribution in [0.2, 0.25) is 0 Å². The molecule has 4 nitrogen and oxygen atoms in total. The van der Waals surface area contributed by atoms with Gasteiger partial charge in [-0.1, -0.05) is 18.2 Å². The van der Waals surface area contributed by atoms with Gasteiger partial charge in [-0.15, -0.1) is 0 Å². The summed E-state index contributed by atoms with van der Waals surface area (Å²) in [6.07, 6.45) is 0. The molecule has 0 amide bonds. The SMILES string of the molecule is CN(C)c1ccccc1.Fc1cc(F)c(F)c(F)c1F.[O-]B([O-])O.[Ru+2]. The summed E-state index contributed by atoms with van der Waals surface area (Å²) in [5.74, 6) is -9.65. The van der Waals surface area contributed by atoms with Crippen LogP contribution in [-0.4, -0.2) is 26.4 Å². The first-order valence-corrected chi connectivity index (χ1v) is 6.28. The van der Waals surface area contributed by atoms with E-state index in [1.54, 1.807) is 0 Å². The normalized spacial score (nSPS) is 8.88. The van der Waals surface area contributed by atoms with E-state index >= 15 is 0 Å². The molecule has 0 bridgehead atoms. The number of hydrogen-bond acceptors (Lipinski definition) is 4. The van der Waals surface area contributed by atoms with Crippen molar-refractivity contribution in [1.29, 1.82) is 0 Å². The Hall–Kier alpha value is -1.54. The predicted octanol–water partition coefficient (Wildman–Crippen LogP) is 0.816. The van der Waals surface area contributed by atoms with Gasteiger partial charge >= 0.3 is 19.5 Å². The Morgan fingerprint density at radius 2 is 1.20 bits per heavy atom. The van der Waals surface area contributed by atoms with Crippen LogP contribution in [-0.2, 0) is 19.5 Å². The number of halogens is 5. The Balaban J connectivity index is 0. The van der Waals surface area contributed by atoms with Crippen molar-refractivity contribution in [3.05, 3.63) is 65.5 Å². The van der Waals surface area contributed by atoms with Crippen LogP contribution < -0.4 is 14.9 Å². The quantitative estimate of drug-likeness (QED) is 0.303. The number of nitrogens with zero attached hydrogens (tertiary/aromatic N) is 1. The molecule has 2 aromatic rings. The van der Waals surface area contributed by atoms with Crippen molar-refractivity contribution in [3.8, 4) is 0 Å². The van der Waals surface area contributed by atoms with E-state index in [1.165, 1.54) is 5.69 Å². The molecule has 0 radical (unpaired) electrons. The number of hydrogen-bond donors (Lipinski definition) is 1. The molecule has 0 aliphatic carbocycles. The van der Waals surface area contributed by atoms with Crippen molar-refractivity contribution >= 4 is 13.0 Å². The predicted molar refractivity (Wildman–Crippen MR) is 75.0 cm³/mol. The van der Waals surface area contributed by atoms with Crippen LogP contribution in [0.4, 0.5) is 27.6 Å². The molecule has 1 N–H and O–H groups in total. The summed E-state index contributed by atoms with van der Waals surface area (Å²) in [5.41, 5.74) is 1.25. The first-order chi connectivity index (χ1) is 11.1. The zero-order valence-corrected chi connectivity index (χ0v) is 14.7. The van der Waals surface area contributed by atoms with Crippen molar-refractivity contribution in [2.75, 3.05) is 19.0 Å². The van der Waals surface area contributed by atoms with Crippen LogP contribution in [0.5, 0.6) is 0 Å². The summed E-state index contributed by atoms with van der Waals surface area (Å²) in [6, 6.07) is 10.2. The van der Waals surface area contributed by atoms with Crippen LogP contribution >= 0.6 is 0 Å². The monoisotopic (exact) mass is 451 g/mol. The second kappa shape index (κ2) is 12.8. The molecule has 0 atom stereocenters. The standard InChI is InChI=1S/C8H11N.C6HF5.BHO3.Ru/c1-9(2)8-6-4-3-5-7-8;7-2-1-3(8)5(10)6(11)4(2)9;2-1(3)4;/h3-7H,1-2H3;1H;2H;/q;;-2;+2. The zero-order chi connectivity index (χ0) is 18.9. The number of para-hydroxylation sites is 1. The first-order valence-electron chi connectivity index (χ1n) is 6.28. The summed E-state index contributed by atoms with van der Waals surface area (Å²) in [6.45, 7) is 0. The maximum Gasteiger partial charge on any atom is 2.00 e. The molecule has 0 saturated heterocycles. The molecule has 0 unspecified atom stereocenters. The number of benzene rings is 2. The second-order valence-corrected chi connectivity index (χ2v) is 4.32. The Morgan fingerprint density at radius 3 is 1.48 bits per heavy atom. The molecule has 0 aliphatic heterocycles. The third-order valence-electron chi connectivity index (χ3n) is 2.33. The average Bonchev–Trinajstić information content (AvgIpc) is 2.52. The zero-order valence-electron chi connectivity index (χ0n) is 13.0.